The van der Waals surface area contributed by atoms with Gasteiger partial charge in [0.2, 0.25) is 0 Å². The normalized spacial score (nSPS) is 16.3. The number of nitrogens with zero attached hydrogens (tertiary/aromatic N) is 1. The Bertz CT molecular complexity index is 543. The fourth-order valence-electron chi connectivity index (χ4n) is 2.92. The molecule has 1 fully saturated rings. The van der Waals surface area contributed by atoms with Crippen molar-refractivity contribution < 1.29 is 4.42 Å². The summed E-state index contributed by atoms with van der Waals surface area (Å²) < 4.78 is 5.53. The van der Waals surface area contributed by atoms with Crippen LogP contribution in [0.3, 0.4) is 0 Å². The summed E-state index contributed by atoms with van der Waals surface area (Å²) >= 11 is 0. The molecular formula is C18H24N2O. The maximum atomic E-state index is 6.10. The van der Waals surface area contributed by atoms with Gasteiger partial charge in [-0.25, -0.2) is 0 Å². The lowest BCUT2D eigenvalue weighted by atomic mass is 10.0. The summed E-state index contributed by atoms with van der Waals surface area (Å²) in [5.74, 6) is 1.02. The van der Waals surface area contributed by atoms with Gasteiger partial charge < -0.3 is 10.2 Å². The molecule has 0 spiro atoms. The zero-order valence-corrected chi connectivity index (χ0v) is 12.7. The lowest BCUT2D eigenvalue weighted by molar-refractivity contribution is 0.168. The Morgan fingerprint density at radius 1 is 1.24 bits per heavy atom. The Morgan fingerprint density at radius 3 is 2.52 bits per heavy atom. The molecule has 0 aliphatic heterocycles. The van der Waals surface area contributed by atoms with Gasteiger partial charge in [-0.15, -0.1) is 0 Å². The van der Waals surface area contributed by atoms with Crippen LogP contribution in [0.15, 0.2) is 47.1 Å². The van der Waals surface area contributed by atoms with Crippen molar-refractivity contribution in [3.63, 3.8) is 0 Å². The Morgan fingerprint density at radius 2 is 2.00 bits per heavy atom. The molecule has 2 N–H and O–H groups in total. The molecule has 0 bridgehead atoms. The second kappa shape index (κ2) is 6.46. The van der Waals surface area contributed by atoms with Gasteiger partial charge in [-0.05, 0) is 42.5 Å². The van der Waals surface area contributed by atoms with Gasteiger partial charge in [-0.3, -0.25) is 4.90 Å². The zero-order valence-electron chi connectivity index (χ0n) is 12.7. The lowest BCUT2D eigenvalue weighted by Gasteiger charge is -2.30. The fourth-order valence-corrected chi connectivity index (χ4v) is 2.92. The Kier molecular flexibility index (Phi) is 4.42. The van der Waals surface area contributed by atoms with Crippen molar-refractivity contribution in [1.82, 2.24) is 4.90 Å². The molecule has 1 heterocycles. The molecule has 1 atom stereocenters. The summed E-state index contributed by atoms with van der Waals surface area (Å²) in [4.78, 5) is 2.50. The third-order valence-corrected chi connectivity index (χ3v) is 4.33. The van der Waals surface area contributed by atoms with Crippen molar-refractivity contribution in [1.29, 1.82) is 0 Å². The van der Waals surface area contributed by atoms with E-state index < -0.39 is 0 Å². The highest BCUT2D eigenvalue weighted by molar-refractivity contribution is 5.26. The van der Waals surface area contributed by atoms with E-state index in [4.69, 9.17) is 10.2 Å². The largest absolute Gasteiger partial charge is 0.468 e. The molecule has 1 unspecified atom stereocenters. The van der Waals surface area contributed by atoms with E-state index in [1.807, 2.05) is 12.1 Å². The van der Waals surface area contributed by atoms with Crippen molar-refractivity contribution in [3.05, 3.63) is 59.5 Å². The maximum absolute atomic E-state index is 6.10. The van der Waals surface area contributed by atoms with Crippen LogP contribution >= 0.6 is 0 Å². The minimum absolute atomic E-state index is 0.272. The maximum Gasteiger partial charge on any atom is 0.117 e. The van der Waals surface area contributed by atoms with Gasteiger partial charge in [0.05, 0.1) is 12.8 Å². The van der Waals surface area contributed by atoms with Gasteiger partial charge in [-0.2, -0.15) is 0 Å². The van der Waals surface area contributed by atoms with E-state index in [0.717, 1.165) is 18.7 Å². The zero-order chi connectivity index (χ0) is 14.7. The van der Waals surface area contributed by atoms with E-state index in [-0.39, 0.29) is 6.04 Å². The Balaban J connectivity index is 1.80. The third-order valence-electron chi connectivity index (χ3n) is 4.33. The van der Waals surface area contributed by atoms with E-state index in [1.165, 1.54) is 24.0 Å². The van der Waals surface area contributed by atoms with E-state index >= 15 is 0 Å². The number of nitrogens with two attached hydrogens (primary N) is 1. The first kappa shape index (κ1) is 14.4. The van der Waals surface area contributed by atoms with Gasteiger partial charge >= 0.3 is 0 Å². The quantitative estimate of drug-likeness (QED) is 0.846. The van der Waals surface area contributed by atoms with Crippen molar-refractivity contribution in [2.24, 2.45) is 5.73 Å². The van der Waals surface area contributed by atoms with Crippen molar-refractivity contribution >= 4 is 0 Å². The first-order valence-electron chi connectivity index (χ1n) is 7.89. The van der Waals surface area contributed by atoms with Crippen LogP contribution in [0, 0.1) is 0 Å². The lowest BCUT2D eigenvalue weighted by Crippen LogP contribution is -2.35. The van der Waals surface area contributed by atoms with Gasteiger partial charge in [0.25, 0.3) is 0 Å². The number of rotatable bonds is 7. The topological polar surface area (TPSA) is 42.4 Å². The van der Waals surface area contributed by atoms with Gasteiger partial charge in [0, 0.05) is 18.6 Å². The molecule has 1 aliphatic rings. The van der Waals surface area contributed by atoms with E-state index in [9.17, 15) is 0 Å². The Hall–Kier alpha value is -1.58. The predicted octanol–water partition coefficient (Wildman–Crippen LogP) is 3.51. The molecule has 1 aromatic heterocycles. The predicted molar refractivity (Wildman–Crippen MR) is 84.9 cm³/mol. The molecule has 0 amide bonds. The number of benzene rings is 1. The molecule has 1 aromatic carbocycles. The SMILES string of the molecule is CCc1ccc(C(CN)N(Cc2ccco2)C2CC2)cc1. The molecular weight excluding hydrogens is 260 g/mol. The van der Waals surface area contributed by atoms with E-state index in [0.29, 0.717) is 12.6 Å². The summed E-state index contributed by atoms with van der Waals surface area (Å²) in [6.45, 7) is 3.67. The summed E-state index contributed by atoms with van der Waals surface area (Å²) in [7, 11) is 0. The first-order valence-corrected chi connectivity index (χ1v) is 7.89. The standard InChI is InChI=1S/C18H24N2O/c1-2-14-5-7-15(8-6-14)18(12-19)20(16-9-10-16)13-17-4-3-11-21-17/h3-8,11,16,18H,2,9-10,12-13,19H2,1H3. The summed E-state index contributed by atoms with van der Waals surface area (Å²) in [6.07, 6.45) is 5.36. The average molecular weight is 284 g/mol. The average Bonchev–Trinajstić information content (AvgIpc) is 3.25. The van der Waals surface area contributed by atoms with Crippen LogP contribution in [0.1, 0.15) is 42.7 Å². The molecule has 2 aromatic rings. The molecule has 3 rings (SSSR count). The highest BCUT2D eigenvalue weighted by Gasteiger charge is 2.34. The van der Waals surface area contributed by atoms with Crippen LogP contribution in [0.4, 0.5) is 0 Å². The van der Waals surface area contributed by atoms with Crippen LogP contribution in [0.5, 0.6) is 0 Å². The number of hydrogen-bond acceptors (Lipinski definition) is 3. The van der Waals surface area contributed by atoms with Crippen molar-refractivity contribution in [2.75, 3.05) is 6.54 Å². The Labute approximate surface area is 126 Å². The summed E-state index contributed by atoms with van der Waals surface area (Å²) in [5, 5.41) is 0. The highest BCUT2D eigenvalue weighted by Crippen LogP contribution is 2.35. The van der Waals surface area contributed by atoms with Crippen LogP contribution in [0.25, 0.3) is 0 Å². The molecule has 3 nitrogen and oxygen atoms in total. The van der Waals surface area contributed by atoms with Crippen LogP contribution < -0.4 is 5.73 Å². The summed E-state index contributed by atoms with van der Waals surface area (Å²) in [6, 6.07) is 13.8. The molecule has 1 saturated carbocycles. The summed E-state index contributed by atoms with van der Waals surface area (Å²) in [5.41, 5.74) is 8.79. The van der Waals surface area contributed by atoms with Crippen LogP contribution in [0.2, 0.25) is 0 Å². The van der Waals surface area contributed by atoms with Crippen molar-refractivity contribution in [2.45, 2.75) is 44.8 Å². The van der Waals surface area contributed by atoms with Crippen LogP contribution in [-0.4, -0.2) is 17.5 Å². The number of furan rings is 1. The fraction of sp³-hybridized carbons (Fsp3) is 0.444. The second-order valence-corrected chi connectivity index (χ2v) is 5.83. The molecule has 1 aliphatic carbocycles. The molecule has 0 radical (unpaired) electrons. The number of aryl methyl sites for hydroxylation is 1. The smallest absolute Gasteiger partial charge is 0.117 e. The van der Waals surface area contributed by atoms with Gasteiger partial charge in [0.1, 0.15) is 5.76 Å². The monoisotopic (exact) mass is 284 g/mol. The third kappa shape index (κ3) is 3.36. The minimum atomic E-state index is 0.272. The molecule has 21 heavy (non-hydrogen) atoms. The van der Waals surface area contributed by atoms with E-state index in [2.05, 4.69) is 36.1 Å². The van der Waals surface area contributed by atoms with E-state index in [1.54, 1.807) is 6.26 Å². The highest BCUT2D eigenvalue weighted by atomic mass is 16.3. The molecule has 3 heteroatoms. The minimum Gasteiger partial charge on any atom is -0.468 e. The molecule has 0 saturated heterocycles. The van der Waals surface area contributed by atoms with Gasteiger partial charge in [0.15, 0.2) is 0 Å². The van der Waals surface area contributed by atoms with Crippen molar-refractivity contribution in [3.8, 4) is 0 Å². The first-order chi connectivity index (χ1) is 10.3. The molecule has 112 valence electrons. The second-order valence-electron chi connectivity index (χ2n) is 5.83. The number of hydrogen-bond donors (Lipinski definition) is 1. The van der Waals surface area contributed by atoms with Gasteiger partial charge in [-0.1, -0.05) is 31.2 Å². The van der Waals surface area contributed by atoms with Crippen LogP contribution in [-0.2, 0) is 13.0 Å².